The van der Waals surface area contributed by atoms with Crippen LogP contribution in [-0.4, -0.2) is 21.8 Å². The second kappa shape index (κ2) is 6.64. The van der Waals surface area contributed by atoms with E-state index in [2.05, 4.69) is 15.3 Å². The van der Waals surface area contributed by atoms with Crippen molar-refractivity contribution in [3.8, 4) is 5.75 Å². The van der Waals surface area contributed by atoms with Gasteiger partial charge in [-0.1, -0.05) is 17.7 Å². The first-order valence-electron chi connectivity index (χ1n) is 7.04. The summed E-state index contributed by atoms with van der Waals surface area (Å²) in [5.41, 5.74) is 0.781. The van der Waals surface area contributed by atoms with E-state index in [4.69, 9.17) is 16.3 Å². The van der Waals surface area contributed by atoms with Gasteiger partial charge in [0.1, 0.15) is 16.7 Å². The van der Waals surface area contributed by atoms with Gasteiger partial charge in [-0.3, -0.25) is 9.59 Å². The molecule has 0 fully saturated rings. The summed E-state index contributed by atoms with van der Waals surface area (Å²) in [5.74, 6) is -0.181. The third-order valence-electron chi connectivity index (χ3n) is 3.12. The van der Waals surface area contributed by atoms with E-state index in [1.807, 2.05) is 0 Å². The molecule has 24 heavy (non-hydrogen) atoms. The molecular weight excluding hydrogens is 330 g/mol. The summed E-state index contributed by atoms with van der Waals surface area (Å²) in [5, 5.41) is 3.82. The van der Waals surface area contributed by atoms with Gasteiger partial charge in [-0.05, 0) is 42.5 Å². The lowest BCUT2D eigenvalue weighted by Crippen LogP contribution is -2.13. The number of hydrogen-bond acceptors (Lipinski definition) is 5. The molecule has 0 radical (unpaired) electrons. The number of amides is 1. The third-order valence-corrected chi connectivity index (χ3v) is 3.33. The highest BCUT2D eigenvalue weighted by atomic mass is 35.5. The Kier molecular flexibility index (Phi) is 4.39. The van der Waals surface area contributed by atoms with E-state index in [1.165, 1.54) is 13.0 Å². The van der Waals surface area contributed by atoms with Crippen LogP contribution in [0.1, 0.15) is 17.3 Å². The highest BCUT2D eigenvalue weighted by Gasteiger charge is 2.10. The second-order valence-electron chi connectivity index (χ2n) is 4.95. The molecule has 1 aromatic carbocycles. The normalized spacial score (nSPS) is 10.4. The first-order valence-corrected chi connectivity index (χ1v) is 7.42. The number of anilines is 1. The molecule has 0 aliphatic carbocycles. The van der Waals surface area contributed by atoms with Gasteiger partial charge in [-0.2, -0.15) is 0 Å². The minimum absolute atomic E-state index is 0.301. The monoisotopic (exact) mass is 341 g/mol. The number of nitrogens with one attached hydrogen (secondary N) is 1. The fraction of sp³-hybridized carbons (Fsp3) is 0.0588. The molecule has 1 N–H and O–H groups in total. The number of aromatic nitrogens is 2. The van der Waals surface area contributed by atoms with Gasteiger partial charge in [0.05, 0.1) is 0 Å². The predicted octanol–water partition coefficient (Wildman–Crippen LogP) is 3.46. The zero-order chi connectivity index (χ0) is 17.1. The maximum absolute atomic E-state index is 12.3. The Bertz CT molecular complexity index is 943. The molecule has 120 valence electrons. The van der Waals surface area contributed by atoms with Crippen LogP contribution in [0.15, 0.2) is 48.5 Å². The number of benzene rings is 1. The van der Waals surface area contributed by atoms with Crippen molar-refractivity contribution in [3.63, 3.8) is 0 Å². The molecule has 0 saturated heterocycles. The molecule has 0 unspecified atom stereocenters. The van der Waals surface area contributed by atoms with Crippen molar-refractivity contribution in [2.45, 2.75) is 6.92 Å². The molecule has 0 bridgehead atoms. The van der Waals surface area contributed by atoms with Crippen LogP contribution in [0.5, 0.6) is 5.75 Å². The van der Waals surface area contributed by atoms with Gasteiger partial charge in [0.2, 0.25) is 0 Å². The SMILES string of the molecule is CC(=O)Oc1cccc(C(=O)Nc2ccc3ccc(Cl)nc3n2)c1. The van der Waals surface area contributed by atoms with E-state index in [-0.39, 0.29) is 5.91 Å². The molecule has 0 aliphatic rings. The van der Waals surface area contributed by atoms with Crippen molar-refractivity contribution < 1.29 is 14.3 Å². The van der Waals surface area contributed by atoms with Gasteiger partial charge in [0.15, 0.2) is 5.65 Å². The fourth-order valence-electron chi connectivity index (χ4n) is 2.10. The Morgan fingerprint density at radius 3 is 2.67 bits per heavy atom. The van der Waals surface area contributed by atoms with Gasteiger partial charge in [0, 0.05) is 17.9 Å². The van der Waals surface area contributed by atoms with Crippen LogP contribution < -0.4 is 10.1 Å². The number of rotatable bonds is 3. The number of halogens is 1. The van der Waals surface area contributed by atoms with Gasteiger partial charge < -0.3 is 10.1 Å². The zero-order valence-corrected chi connectivity index (χ0v) is 13.4. The Hall–Kier alpha value is -2.99. The highest BCUT2D eigenvalue weighted by molar-refractivity contribution is 6.29. The van der Waals surface area contributed by atoms with Crippen LogP contribution in [-0.2, 0) is 4.79 Å². The van der Waals surface area contributed by atoms with Crippen LogP contribution >= 0.6 is 11.6 Å². The number of carbonyl (C=O) groups excluding carboxylic acids is 2. The first kappa shape index (κ1) is 15.9. The fourth-order valence-corrected chi connectivity index (χ4v) is 2.24. The van der Waals surface area contributed by atoms with Crippen molar-refractivity contribution in [2.24, 2.45) is 0 Å². The van der Waals surface area contributed by atoms with Crippen LogP contribution in [0.2, 0.25) is 5.15 Å². The molecule has 3 aromatic rings. The molecule has 2 heterocycles. The standard InChI is InChI=1S/C17H12ClN3O3/c1-10(22)24-13-4-2-3-12(9-13)17(23)21-15-8-6-11-5-7-14(18)19-16(11)20-15/h2-9H,1H3,(H,19,20,21,23). The van der Waals surface area contributed by atoms with Gasteiger partial charge >= 0.3 is 5.97 Å². The van der Waals surface area contributed by atoms with Crippen molar-refractivity contribution in [2.75, 3.05) is 5.32 Å². The second-order valence-corrected chi connectivity index (χ2v) is 5.34. The van der Waals surface area contributed by atoms with Crippen molar-refractivity contribution in [3.05, 3.63) is 59.2 Å². The lowest BCUT2D eigenvalue weighted by Gasteiger charge is -2.07. The smallest absolute Gasteiger partial charge is 0.308 e. The van der Waals surface area contributed by atoms with Crippen LogP contribution in [0.25, 0.3) is 11.0 Å². The largest absolute Gasteiger partial charge is 0.427 e. The maximum Gasteiger partial charge on any atom is 0.308 e. The molecular formula is C17H12ClN3O3. The summed E-state index contributed by atoms with van der Waals surface area (Å²) < 4.78 is 4.97. The molecule has 6 nitrogen and oxygen atoms in total. The van der Waals surface area contributed by atoms with Crippen LogP contribution in [0, 0.1) is 0 Å². The Morgan fingerprint density at radius 2 is 1.88 bits per heavy atom. The summed E-state index contributed by atoms with van der Waals surface area (Å²) in [4.78, 5) is 31.7. The number of fused-ring (bicyclic) bond motifs is 1. The molecule has 0 spiro atoms. The summed E-state index contributed by atoms with van der Waals surface area (Å²) in [6, 6.07) is 13.2. The minimum Gasteiger partial charge on any atom is -0.427 e. The van der Waals surface area contributed by atoms with Gasteiger partial charge in [0.25, 0.3) is 5.91 Å². The molecule has 0 saturated carbocycles. The summed E-state index contributed by atoms with van der Waals surface area (Å²) in [7, 11) is 0. The average Bonchev–Trinajstić information content (AvgIpc) is 2.54. The molecule has 7 heteroatoms. The number of carbonyl (C=O) groups is 2. The number of hydrogen-bond donors (Lipinski definition) is 1. The average molecular weight is 342 g/mol. The van der Waals surface area contributed by atoms with Gasteiger partial charge in [-0.25, -0.2) is 9.97 Å². The van der Waals surface area contributed by atoms with Crippen molar-refractivity contribution in [1.82, 2.24) is 9.97 Å². The lowest BCUT2D eigenvalue weighted by atomic mass is 10.2. The number of esters is 1. The molecule has 0 aliphatic heterocycles. The van der Waals surface area contributed by atoms with E-state index in [0.29, 0.717) is 27.9 Å². The Balaban J connectivity index is 1.83. The molecule has 2 aromatic heterocycles. The number of ether oxygens (including phenoxy) is 1. The Labute approximate surface area is 142 Å². The van der Waals surface area contributed by atoms with Crippen molar-refractivity contribution in [1.29, 1.82) is 0 Å². The Morgan fingerprint density at radius 1 is 1.08 bits per heavy atom. The van der Waals surface area contributed by atoms with E-state index < -0.39 is 5.97 Å². The predicted molar refractivity (Wildman–Crippen MR) is 90.3 cm³/mol. The lowest BCUT2D eigenvalue weighted by molar-refractivity contribution is -0.131. The molecule has 3 rings (SSSR count). The first-order chi connectivity index (χ1) is 11.5. The molecule has 0 atom stereocenters. The maximum atomic E-state index is 12.3. The summed E-state index contributed by atoms with van der Waals surface area (Å²) >= 11 is 5.85. The van der Waals surface area contributed by atoms with E-state index in [9.17, 15) is 9.59 Å². The van der Waals surface area contributed by atoms with Crippen molar-refractivity contribution >= 4 is 40.3 Å². The zero-order valence-electron chi connectivity index (χ0n) is 12.6. The summed E-state index contributed by atoms with van der Waals surface area (Å²) in [6.07, 6.45) is 0. The van der Waals surface area contributed by atoms with Crippen LogP contribution in [0.3, 0.4) is 0 Å². The number of nitrogens with zero attached hydrogens (tertiary/aromatic N) is 2. The quantitative estimate of drug-likeness (QED) is 0.448. The topological polar surface area (TPSA) is 81.2 Å². The molecule has 1 amide bonds. The minimum atomic E-state index is -0.452. The summed E-state index contributed by atoms with van der Waals surface area (Å²) in [6.45, 7) is 1.30. The van der Waals surface area contributed by atoms with E-state index in [0.717, 1.165) is 5.39 Å². The third kappa shape index (κ3) is 3.67. The van der Waals surface area contributed by atoms with Crippen LogP contribution in [0.4, 0.5) is 5.82 Å². The number of pyridine rings is 2. The highest BCUT2D eigenvalue weighted by Crippen LogP contribution is 2.18. The van der Waals surface area contributed by atoms with E-state index in [1.54, 1.807) is 42.5 Å². The van der Waals surface area contributed by atoms with Gasteiger partial charge in [-0.15, -0.1) is 0 Å². The van der Waals surface area contributed by atoms with E-state index >= 15 is 0 Å².